The number of pyridine rings is 1. The first-order valence-electron chi connectivity index (χ1n) is 11.7. The van der Waals surface area contributed by atoms with Crippen LogP contribution in [0.25, 0.3) is 0 Å². The van der Waals surface area contributed by atoms with E-state index < -0.39 is 18.3 Å². The minimum Gasteiger partial charge on any atom is -0.343 e. The smallest absolute Gasteiger partial charge is 0.243 e. The highest BCUT2D eigenvalue weighted by molar-refractivity contribution is 5.89. The highest BCUT2D eigenvalue weighted by atomic mass is 19.1. The summed E-state index contributed by atoms with van der Waals surface area (Å²) in [7, 11) is 0. The summed E-state index contributed by atoms with van der Waals surface area (Å²) >= 11 is 0. The van der Waals surface area contributed by atoms with Crippen LogP contribution in [-0.2, 0) is 16.0 Å². The van der Waals surface area contributed by atoms with Gasteiger partial charge in [0.25, 0.3) is 0 Å². The molecule has 1 saturated heterocycles. The van der Waals surface area contributed by atoms with Crippen LogP contribution in [0.3, 0.4) is 0 Å². The molecule has 1 N–H and O–H groups in total. The Hall–Kier alpha value is -3.54. The summed E-state index contributed by atoms with van der Waals surface area (Å²) in [5, 5.41) is 3.10. The second kappa shape index (κ2) is 10.6. The van der Waals surface area contributed by atoms with E-state index in [2.05, 4.69) is 36.3 Å². The minimum atomic E-state index is -1.23. The molecule has 0 radical (unpaired) electrons. The summed E-state index contributed by atoms with van der Waals surface area (Å²) < 4.78 is 14.4. The summed E-state index contributed by atoms with van der Waals surface area (Å²) in [6, 6.07) is 20.2. The maximum Gasteiger partial charge on any atom is 0.243 e. The fourth-order valence-corrected chi connectivity index (χ4v) is 4.40. The summed E-state index contributed by atoms with van der Waals surface area (Å²) in [5.74, 6) is -0.217. The van der Waals surface area contributed by atoms with E-state index in [-0.39, 0.29) is 31.2 Å². The molecule has 3 aromatic rings. The van der Waals surface area contributed by atoms with Gasteiger partial charge < -0.3 is 10.2 Å². The maximum absolute atomic E-state index is 14.4. The number of hydrogen-bond acceptors (Lipinski definition) is 3. The normalized spacial score (nSPS) is 18.6. The summed E-state index contributed by atoms with van der Waals surface area (Å²) in [6.45, 7) is 4.20. The van der Waals surface area contributed by atoms with Crippen molar-refractivity contribution in [2.24, 2.45) is 0 Å². The lowest BCUT2D eigenvalue weighted by atomic mass is 9.95. The zero-order chi connectivity index (χ0) is 24.1. The first-order valence-corrected chi connectivity index (χ1v) is 11.7. The van der Waals surface area contributed by atoms with E-state index in [1.54, 1.807) is 24.5 Å². The molecule has 1 aliphatic rings. The molecule has 5 nitrogen and oxygen atoms in total. The Balaban J connectivity index is 1.55. The van der Waals surface area contributed by atoms with E-state index in [0.717, 1.165) is 16.7 Å². The number of likely N-dealkylation sites (tertiary alicyclic amines) is 1. The second-order valence-electron chi connectivity index (χ2n) is 9.11. The van der Waals surface area contributed by atoms with Crippen LogP contribution in [0.15, 0.2) is 79.1 Å². The third kappa shape index (κ3) is 5.50. The van der Waals surface area contributed by atoms with Gasteiger partial charge in [0.05, 0.1) is 19.0 Å². The zero-order valence-electron chi connectivity index (χ0n) is 19.5. The molecule has 1 aliphatic heterocycles. The van der Waals surface area contributed by atoms with Crippen LogP contribution in [0.5, 0.6) is 0 Å². The lowest BCUT2D eigenvalue weighted by Crippen LogP contribution is -2.47. The topological polar surface area (TPSA) is 62.3 Å². The lowest BCUT2D eigenvalue weighted by molar-refractivity contribution is -0.138. The molecule has 2 heterocycles. The molecule has 3 atom stereocenters. The molecule has 3 unspecified atom stereocenters. The van der Waals surface area contributed by atoms with Gasteiger partial charge in [-0.25, -0.2) is 4.39 Å². The van der Waals surface area contributed by atoms with Gasteiger partial charge in [0.15, 0.2) is 0 Å². The number of rotatable bonds is 7. The Morgan fingerprint density at radius 2 is 1.68 bits per heavy atom. The van der Waals surface area contributed by atoms with Crippen LogP contribution in [0.1, 0.15) is 54.5 Å². The summed E-state index contributed by atoms with van der Waals surface area (Å²) in [4.78, 5) is 31.8. The molecule has 34 heavy (non-hydrogen) atoms. The number of aromatic nitrogens is 1. The maximum atomic E-state index is 14.4. The van der Waals surface area contributed by atoms with Crippen molar-refractivity contribution in [3.05, 3.63) is 101 Å². The minimum absolute atomic E-state index is 0.00158. The molecule has 0 saturated carbocycles. The van der Waals surface area contributed by atoms with Crippen molar-refractivity contribution in [2.45, 2.75) is 50.9 Å². The van der Waals surface area contributed by atoms with Crippen molar-refractivity contribution in [1.82, 2.24) is 15.2 Å². The van der Waals surface area contributed by atoms with Crippen LogP contribution < -0.4 is 5.32 Å². The van der Waals surface area contributed by atoms with E-state index in [4.69, 9.17) is 0 Å². The number of nitrogens with one attached hydrogen (secondary N) is 1. The Labute approximate surface area is 200 Å². The molecule has 4 rings (SSSR count). The fraction of sp³-hybridized carbons (Fsp3) is 0.321. The van der Waals surface area contributed by atoms with Gasteiger partial charge in [-0.05, 0) is 34.2 Å². The second-order valence-corrected chi connectivity index (χ2v) is 9.11. The average molecular weight is 460 g/mol. The molecule has 0 bridgehead atoms. The highest BCUT2D eigenvalue weighted by Crippen LogP contribution is 2.27. The van der Waals surface area contributed by atoms with Crippen LogP contribution in [-0.4, -0.2) is 40.5 Å². The van der Waals surface area contributed by atoms with Crippen molar-refractivity contribution < 1.29 is 14.0 Å². The number of halogens is 1. The van der Waals surface area contributed by atoms with Gasteiger partial charge in [-0.3, -0.25) is 14.6 Å². The van der Waals surface area contributed by atoms with Crippen LogP contribution in [0.2, 0.25) is 0 Å². The molecule has 1 fully saturated rings. The van der Waals surface area contributed by atoms with Crippen molar-refractivity contribution in [1.29, 1.82) is 0 Å². The van der Waals surface area contributed by atoms with Crippen LogP contribution in [0.4, 0.5) is 4.39 Å². The third-order valence-corrected chi connectivity index (χ3v) is 6.31. The Morgan fingerprint density at radius 3 is 2.32 bits per heavy atom. The molecule has 2 aromatic carbocycles. The van der Waals surface area contributed by atoms with E-state index in [0.29, 0.717) is 5.92 Å². The van der Waals surface area contributed by atoms with E-state index in [1.807, 2.05) is 42.5 Å². The molecular formula is C28H30FN3O2. The predicted molar refractivity (Wildman–Crippen MR) is 130 cm³/mol. The molecule has 0 spiro atoms. The van der Waals surface area contributed by atoms with Crippen molar-refractivity contribution >= 4 is 11.8 Å². The van der Waals surface area contributed by atoms with Crippen molar-refractivity contribution in [3.63, 3.8) is 0 Å². The monoisotopic (exact) mass is 459 g/mol. The van der Waals surface area contributed by atoms with Gasteiger partial charge in [-0.2, -0.15) is 0 Å². The van der Waals surface area contributed by atoms with Crippen LogP contribution in [0, 0.1) is 0 Å². The molecule has 0 aliphatic carbocycles. The Kier molecular flexibility index (Phi) is 7.36. The van der Waals surface area contributed by atoms with E-state index in [1.165, 1.54) is 10.5 Å². The highest BCUT2D eigenvalue weighted by Gasteiger charge is 2.40. The average Bonchev–Trinajstić information content (AvgIpc) is 3.25. The quantitative estimate of drug-likeness (QED) is 0.562. The van der Waals surface area contributed by atoms with Crippen molar-refractivity contribution in [3.8, 4) is 0 Å². The number of carbonyl (C=O) groups excluding carboxylic acids is 2. The van der Waals surface area contributed by atoms with Crippen LogP contribution >= 0.6 is 0 Å². The first-order chi connectivity index (χ1) is 16.4. The van der Waals surface area contributed by atoms with Gasteiger partial charge in [-0.15, -0.1) is 0 Å². The molecule has 176 valence electrons. The third-order valence-electron chi connectivity index (χ3n) is 6.31. The SMILES string of the molecule is CC(C)c1ccc(C(NC(=O)C2CC(F)CN2C(=O)Cc2cccnc2)c2ccccc2)cc1. The van der Waals surface area contributed by atoms with Gasteiger partial charge in [0, 0.05) is 18.8 Å². The number of amides is 2. The molecule has 2 amide bonds. The number of hydrogen-bond donors (Lipinski definition) is 1. The Morgan fingerprint density at radius 1 is 1.00 bits per heavy atom. The first kappa shape index (κ1) is 23.6. The number of alkyl halides is 1. The summed E-state index contributed by atoms with van der Waals surface area (Å²) in [5.41, 5.74) is 3.81. The summed E-state index contributed by atoms with van der Waals surface area (Å²) in [6.07, 6.45) is 2.10. The number of nitrogens with zero attached hydrogens (tertiary/aromatic N) is 2. The lowest BCUT2D eigenvalue weighted by Gasteiger charge is -2.27. The Bertz CT molecular complexity index is 1100. The molecule has 6 heteroatoms. The number of carbonyl (C=O) groups is 2. The number of benzene rings is 2. The van der Waals surface area contributed by atoms with Crippen molar-refractivity contribution in [2.75, 3.05) is 6.54 Å². The largest absolute Gasteiger partial charge is 0.343 e. The van der Waals surface area contributed by atoms with Gasteiger partial charge >= 0.3 is 0 Å². The van der Waals surface area contributed by atoms with Gasteiger partial charge in [0.2, 0.25) is 11.8 Å². The van der Waals surface area contributed by atoms with E-state index >= 15 is 0 Å². The zero-order valence-corrected chi connectivity index (χ0v) is 19.5. The van der Waals surface area contributed by atoms with Gasteiger partial charge in [0.1, 0.15) is 12.2 Å². The molecule has 1 aromatic heterocycles. The molecular weight excluding hydrogens is 429 g/mol. The fourth-order valence-electron chi connectivity index (χ4n) is 4.40. The standard InChI is InChI=1S/C28H30FN3O2/c1-19(2)21-10-12-23(13-11-21)27(22-8-4-3-5-9-22)31-28(34)25-16-24(29)18-32(25)26(33)15-20-7-6-14-30-17-20/h3-14,17,19,24-25,27H,15-16,18H2,1-2H3,(H,31,34). The van der Waals surface area contributed by atoms with E-state index in [9.17, 15) is 14.0 Å². The van der Waals surface area contributed by atoms with Gasteiger partial charge in [-0.1, -0.05) is 74.5 Å². The predicted octanol–water partition coefficient (Wildman–Crippen LogP) is 4.59.